The van der Waals surface area contributed by atoms with Crippen molar-refractivity contribution in [3.8, 4) is 0 Å². The van der Waals surface area contributed by atoms with Crippen LogP contribution in [0.5, 0.6) is 0 Å². The Bertz CT molecular complexity index is 577. The van der Waals surface area contributed by atoms with Crippen molar-refractivity contribution in [1.82, 2.24) is 14.7 Å². The van der Waals surface area contributed by atoms with E-state index in [0.29, 0.717) is 35.9 Å². The molecule has 1 aromatic heterocycles. The van der Waals surface area contributed by atoms with E-state index in [9.17, 15) is 9.59 Å². The number of primary amides is 1. The molecule has 0 aromatic carbocycles. The summed E-state index contributed by atoms with van der Waals surface area (Å²) in [4.78, 5) is 25.6. The van der Waals surface area contributed by atoms with Crippen LogP contribution >= 0.6 is 11.6 Å². The van der Waals surface area contributed by atoms with Crippen LogP contribution in [0, 0.1) is 12.8 Å². The van der Waals surface area contributed by atoms with Crippen LogP contribution in [0.2, 0.25) is 5.15 Å². The van der Waals surface area contributed by atoms with Crippen LogP contribution in [-0.4, -0.2) is 39.6 Å². The van der Waals surface area contributed by atoms with Crippen molar-refractivity contribution in [2.24, 2.45) is 11.7 Å². The predicted molar refractivity (Wildman–Crippen MR) is 89.3 cm³/mol. The minimum Gasteiger partial charge on any atom is -0.370 e. The van der Waals surface area contributed by atoms with Crippen molar-refractivity contribution >= 4 is 23.4 Å². The first-order valence-corrected chi connectivity index (χ1v) is 8.62. The van der Waals surface area contributed by atoms with Crippen LogP contribution in [0.1, 0.15) is 55.1 Å². The number of hydrogen-bond donors (Lipinski definition) is 1. The number of halogens is 1. The zero-order valence-electron chi connectivity index (χ0n) is 13.8. The number of aromatic nitrogens is 2. The molecule has 0 spiro atoms. The molecule has 7 heteroatoms. The Morgan fingerprint density at radius 3 is 2.57 bits per heavy atom. The molecule has 2 amide bonds. The van der Waals surface area contributed by atoms with Crippen LogP contribution in [0.4, 0.5) is 0 Å². The summed E-state index contributed by atoms with van der Waals surface area (Å²) in [6.45, 7) is 5.91. The highest BCUT2D eigenvalue weighted by atomic mass is 35.5. The third-order valence-electron chi connectivity index (χ3n) is 4.39. The number of aryl methyl sites for hydroxylation is 2. The summed E-state index contributed by atoms with van der Waals surface area (Å²) in [7, 11) is 0. The van der Waals surface area contributed by atoms with Crippen LogP contribution in [-0.2, 0) is 11.3 Å². The Morgan fingerprint density at radius 1 is 1.35 bits per heavy atom. The molecule has 2 N–H and O–H groups in total. The van der Waals surface area contributed by atoms with E-state index in [4.69, 9.17) is 17.3 Å². The molecule has 1 aliphatic rings. The molecule has 2 heterocycles. The van der Waals surface area contributed by atoms with Gasteiger partial charge in [-0.15, -0.1) is 0 Å². The molecule has 1 fully saturated rings. The van der Waals surface area contributed by atoms with E-state index in [-0.39, 0.29) is 17.7 Å². The lowest BCUT2D eigenvalue weighted by Gasteiger charge is -2.31. The maximum Gasteiger partial charge on any atom is 0.258 e. The Balaban J connectivity index is 2.04. The third-order valence-corrected chi connectivity index (χ3v) is 4.78. The summed E-state index contributed by atoms with van der Waals surface area (Å²) in [6, 6.07) is 0. The molecule has 0 aliphatic carbocycles. The standard InChI is InChI=1S/C16H25ClN4O2/c1-3-4-7-21-15(17)14(11(2)19-21)16(23)20-8-5-12(6-9-20)10-13(18)22/h12H,3-10H2,1-2H3,(H2,18,22). The molecule has 128 valence electrons. The van der Waals surface area contributed by atoms with E-state index in [1.165, 1.54) is 0 Å². The topological polar surface area (TPSA) is 81.2 Å². The van der Waals surface area contributed by atoms with E-state index < -0.39 is 0 Å². The lowest BCUT2D eigenvalue weighted by Crippen LogP contribution is -2.39. The number of nitrogens with zero attached hydrogens (tertiary/aromatic N) is 3. The smallest absolute Gasteiger partial charge is 0.258 e. The SMILES string of the molecule is CCCCn1nc(C)c(C(=O)N2CCC(CC(N)=O)CC2)c1Cl. The highest BCUT2D eigenvalue weighted by Gasteiger charge is 2.28. The van der Waals surface area contributed by atoms with Crippen molar-refractivity contribution in [3.05, 3.63) is 16.4 Å². The summed E-state index contributed by atoms with van der Waals surface area (Å²) < 4.78 is 1.72. The van der Waals surface area contributed by atoms with Crippen molar-refractivity contribution in [2.45, 2.75) is 52.5 Å². The molecule has 23 heavy (non-hydrogen) atoms. The Morgan fingerprint density at radius 2 is 2.00 bits per heavy atom. The van der Waals surface area contributed by atoms with Gasteiger partial charge in [-0.05, 0) is 32.1 Å². The van der Waals surface area contributed by atoms with Crippen LogP contribution in [0.3, 0.4) is 0 Å². The molecule has 1 aromatic rings. The Kier molecular flexibility index (Phi) is 6.04. The summed E-state index contributed by atoms with van der Waals surface area (Å²) in [5, 5.41) is 4.82. The number of carbonyl (C=O) groups is 2. The van der Waals surface area contributed by atoms with Crippen LogP contribution in [0.25, 0.3) is 0 Å². The van der Waals surface area contributed by atoms with Crippen LogP contribution < -0.4 is 5.73 Å². The van der Waals surface area contributed by atoms with E-state index >= 15 is 0 Å². The van der Waals surface area contributed by atoms with Gasteiger partial charge in [0.1, 0.15) is 5.15 Å². The van der Waals surface area contributed by atoms with Crippen molar-refractivity contribution in [1.29, 1.82) is 0 Å². The third kappa shape index (κ3) is 4.25. The Labute approximate surface area is 142 Å². The first kappa shape index (κ1) is 17.8. The van der Waals surface area contributed by atoms with Gasteiger partial charge in [0.15, 0.2) is 0 Å². The quantitative estimate of drug-likeness (QED) is 0.863. The number of hydrogen-bond acceptors (Lipinski definition) is 3. The van der Waals surface area contributed by atoms with Crippen LogP contribution in [0.15, 0.2) is 0 Å². The second kappa shape index (κ2) is 7.81. The highest BCUT2D eigenvalue weighted by Crippen LogP contribution is 2.26. The number of unbranched alkanes of at least 4 members (excludes halogenated alkanes) is 1. The minimum atomic E-state index is -0.272. The minimum absolute atomic E-state index is 0.0622. The van der Waals surface area contributed by atoms with Gasteiger partial charge >= 0.3 is 0 Å². The first-order valence-electron chi connectivity index (χ1n) is 8.24. The van der Waals surface area contributed by atoms with Gasteiger partial charge in [-0.1, -0.05) is 24.9 Å². The first-order chi connectivity index (χ1) is 10.9. The van der Waals surface area contributed by atoms with E-state index in [0.717, 1.165) is 32.2 Å². The monoisotopic (exact) mass is 340 g/mol. The van der Waals surface area contributed by atoms with Crippen molar-refractivity contribution in [2.75, 3.05) is 13.1 Å². The lowest BCUT2D eigenvalue weighted by molar-refractivity contribution is -0.119. The van der Waals surface area contributed by atoms with Gasteiger partial charge in [0.05, 0.1) is 11.3 Å². The highest BCUT2D eigenvalue weighted by molar-refractivity contribution is 6.33. The largest absolute Gasteiger partial charge is 0.370 e. The van der Waals surface area contributed by atoms with E-state index in [2.05, 4.69) is 12.0 Å². The van der Waals surface area contributed by atoms with Crippen molar-refractivity contribution in [3.63, 3.8) is 0 Å². The van der Waals surface area contributed by atoms with Gasteiger partial charge in [0, 0.05) is 26.1 Å². The van der Waals surface area contributed by atoms with Gasteiger partial charge in [0.25, 0.3) is 5.91 Å². The summed E-state index contributed by atoms with van der Waals surface area (Å²) in [5.74, 6) is -0.0564. The summed E-state index contributed by atoms with van der Waals surface area (Å²) >= 11 is 6.37. The van der Waals surface area contributed by atoms with Crippen molar-refractivity contribution < 1.29 is 9.59 Å². The second-order valence-electron chi connectivity index (χ2n) is 6.23. The zero-order chi connectivity index (χ0) is 17.0. The fraction of sp³-hybridized carbons (Fsp3) is 0.688. The summed E-state index contributed by atoms with van der Waals surface area (Å²) in [5.41, 5.74) is 6.43. The van der Waals surface area contributed by atoms with E-state index in [1.807, 2.05) is 6.92 Å². The molecule has 0 atom stereocenters. The Hall–Kier alpha value is -1.56. The lowest BCUT2D eigenvalue weighted by atomic mass is 9.93. The molecular weight excluding hydrogens is 316 g/mol. The normalized spacial score (nSPS) is 15.9. The molecule has 0 saturated carbocycles. The molecule has 2 rings (SSSR count). The number of piperidine rings is 1. The number of likely N-dealkylation sites (tertiary alicyclic amines) is 1. The van der Waals surface area contributed by atoms with E-state index in [1.54, 1.807) is 9.58 Å². The molecule has 0 radical (unpaired) electrons. The molecule has 1 saturated heterocycles. The molecular formula is C16H25ClN4O2. The second-order valence-corrected chi connectivity index (χ2v) is 6.59. The zero-order valence-corrected chi connectivity index (χ0v) is 14.6. The van der Waals surface area contributed by atoms with Gasteiger partial charge < -0.3 is 10.6 Å². The maximum atomic E-state index is 12.8. The fourth-order valence-electron chi connectivity index (χ4n) is 3.04. The summed E-state index contributed by atoms with van der Waals surface area (Å²) in [6.07, 6.45) is 4.03. The number of nitrogens with two attached hydrogens (primary N) is 1. The molecule has 1 aliphatic heterocycles. The predicted octanol–water partition coefficient (Wildman–Crippen LogP) is 2.37. The number of amides is 2. The number of carbonyl (C=O) groups excluding carboxylic acids is 2. The maximum absolute atomic E-state index is 12.8. The van der Waals surface area contributed by atoms with Gasteiger partial charge in [-0.25, -0.2) is 0 Å². The molecule has 0 bridgehead atoms. The fourth-order valence-corrected chi connectivity index (χ4v) is 3.38. The van der Waals surface area contributed by atoms with Gasteiger partial charge in [-0.3, -0.25) is 14.3 Å². The van der Waals surface area contributed by atoms with Gasteiger partial charge in [-0.2, -0.15) is 5.10 Å². The molecule has 0 unspecified atom stereocenters. The average molecular weight is 341 g/mol. The van der Waals surface area contributed by atoms with Gasteiger partial charge in [0.2, 0.25) is 5.91 Å². The molecule has 6 nitrogen and oxygen atoms in total. The average Bonchev–Trinajstić information content (AvgIpc) is 2.79. The number of rotatable bonds is 6.